The lowest BCUT2D eigenvalue weighted by atomic mass is 9.96. The van der Waals surface area contributed by atoms with Crippen LogP contribution in [0, 0.1) is 0 Å². The van der Waals surface area contributed by atoms with E-state index in [0.717, 1.165) is 24.9 Å². The molecule has 2 aromatic carbocycles. The minimum Gasteiger partial charge on any atom is -0.480 e. The summed E-state index contributed by atoms with van der Waals surface area (Å²) in [6, 6.07) is 19.8. The lowest BCUT2D eigenvalue weighted by Crippen LogP contribution is -2.52. The molecular formula is C20H24N2O2. The van der Waals surface area contributed by atoms with E-state index in [0.29, 0.717) is 6.42 Å². The molecule has 2 unspecified atom stereocenters. The number of hydrogen-bond acceptors (Lipinski definition) is 3. The second kappa shape index (κ2) is 8.08. The highest BCUT2D eigenvalue weighted by atomic mass is 16.4. The Bertz CT molecular complexity index is 645. The number of carboxylic acids is 1. The van der Waals surface area contributed by atoms with Crippen LogP contribution in [0.5, 0.6) is 0 Å². The van der Waals surface area contributed by atoms with Crippen molar-refractivity contribution in [2.45, 2.75) is 37.8 Å². The average Bonchev–Trinajstić information content (AvgIpc) is 2.63. The largest absolute Gasteiger partial charge is 0.480 e. The fourth-order valence-corrected chi connectivity index (χ4v) is 3.35. The maximum Gasteiger partial charge on any atom is 0.322 e. The Morgan fingerprint density at radius 1 is 1.08 bits per heavy atom. The third kappa shape index (κ3) is 4.22. The van der Waals surface area contributed by atoms with Crippen molar-refractivity contribution < 1.29 is 9.90 Å². The van der Waals surface area contributed by atoms with Crippen LogP contribution in [0.2, 0.25) is 0 Å². The van der Waals surface area contributed by atoms with Crippen LogP contribution >= 0.6 is 0 Å². The summed E-state index contributed by atoms with van der Waals surface area (Å²) in [6.45, 7) is 0.873. The Morgan fingerprint density at radius 2 is 1.75 bits per heavy atom. The van der Waals surface area contributed by atoms with E-state index < -0.39 is 12.0 Å². The maximum absolute atomic E-state index is 11.7. The van der Waals surface area contributed by atoms with E-state index in [2.05, 4.69) is 22.6 Å². The zero-order chi connectivity index (χ0) is 16.8. The molecule has 2 N–H and O–H groups in total. The SMILES string of the molecule is O=C(O)C(Cc1ccccc1)NN1CCCCC1c1ccccc1. The third-order valence-corrected chi connectivity index (χ3v) is 4.59. The number of benzene rings is 2. The van der Waals surface area contributed by atoms with Crippen LogP contribution in [0.1, 0.15) is 36.4 Å². The summed E-state index contributed by atoms with van der Waals surface area (Å²) < 4.78 is 0. The summed E-state index contributed by atoms with van der Waals surface area (Å²) in [5, 5.41) is 11.8. The van der Waals surface area contributed by atoms with E-state index >= 15 is 0 Å². The van der Waals surface area contributed by atoms with Gasteiger partial charge in [0.15, 0.2) is 0 Å². The molecule has 2 aromatic rings. The first-order valence-electron chi connectivity index (χ1n) is 8.58. The molecular weight excluding hydrogens is 300 g/mol. The summed E-state index contributed by atoms with van der Waals surface area (Å²) in [6.07, 6.45) is 3.80. The highest BCUT2D eigenvalue weighted by Crippen LogP contribution is 2.29. The number of nitrogens with zero attached hydrogens (tertiary/aromatic N) is 1. The van der Waals surface area contributed by atoms with Gasteiger partial charge in [-0.15, -0.1) is 0 Å². The van der Waals surface area contributed by atoms with Gasteiger partial charge < -0.3 is 5.11 Å². The third-order valence-electron chi connectivity index (χ3n) is 4.59. The summed E-state index contributed by atoms with van der Waals surface area (Å²) in [5.41, 5.74) is 5.56. The van der Waals surface area contributed by atoms with Crippen molar-refractivity contribution in [1.29, 1.82) is 0 Å². The molecule has 1 heterocycles. The van der Waals surface area contributed by atoms with Gasteiger partial charge in [-0.2, -0.15) is 0 Å². The van der Waals surface area contributed by atoms with Gasteiger partial charge in [-0.3, -0.25) is 4.79 Å². The van der Waals surface area contributed by atoms with Gasteiger partial charge in [0.05, 0.1) is 0 Å². The molecule has 3 rings (SSSR count). The molecule has 0 bridgehead atoms. The second-order valence-corrected chi connectivity index (χ2v) is 6.33. The van der Waals surface area contributed by atoms with E-state index in [1.165, 1.54) is 12.0 Å². The molecule has 4 nitrogen and oxygen atoms in total. The van der Waals surface area contributed by atoms with E-state index in [9.17, 15) is 9.90 Å². The fraction of sp³-hybridized carbons (Fsp3) is 0.350. The molecule has 0 aliphatic carbocycles. The van der Waals surface area contributed by atoms with Crippen LogP contribution in [-0.4, -0.2) is 28.7 Å². The predicted molar refractivity (Wildman–Crippen MR) is 94.4 cm³/mol. The standard InChI is InChI=1S/C20H24N2O2/c23-20(24)18(15-16-9-3-1-4-10-16)21-22-14-8-7-13-19(22)17-11-5-2-6-12-17/h1-6,9-12,18-19,21H,7-8,13-15H2,(H,23,24). The lowest BCUT2D eigenvalue weighted by molar-refractivity contribution is -0.141. The molecule has 2 atom stereocenters. The molecule has 0 spiro atoms. The van der Waals surface area contributed by atoms with Crippen molar-refractivity contribution in [3.05, 3.63) is 71.8 Å². The van der Waals surface area contributed by atoms with Crippen molar-refractivity contribution in [3.63, 3.8) is 0 Å². The first-order chi connectivity index (χ1) is 11.7. The molecule has 1 fully saturated rings. The van der Waals surface area contributed by atoms with Crippen LogP contribution in [0.25, 0.3) is 0 Å². The minimum absolute atomic E-state index is 0.234. The van der Waals surface area contributed by atoms with Gasteiger partial charge in [0.25, 0.3) is 0 Å². The number of rotatable bonds is 6. The molecule has 0 radical (unpaired) electrons. The van der Waals surface area contributed by atoms with Crippen molar-refractivity contribution in [2.75, 3.05) is 6.54 Å². The number of nitrogens with one attached hydrogen (secondary N) is 1. The first-order valence-corrected chi connectivity index (χ1v) is 8.58. The Labute approximate surface area is 143 Å². The quantitative estimate of drug-likeness (QED) is 0.855. The molecule has 1 aliphatic heterocycles. The summed E-state index contributed by atoms with van der Waals surface area (Å²) >= 11 is 0. The van der Waals surface area contributed by atoms with Crippen LogP contribution in [0.15, 0.2) is 60.7 Å². The van der Waals surface area contributed by atoms with Gasteiger partial charge >= 0.3 is 5.97 Å². The van der Waals surface area contributed by atoms with Crippen LogP contribution < -0.4 is 5.43 Å². The van der Waals surface area contributed by atoms with E-state index in [-0.39, 0.29) is 6.04 Å². The van der Waals surface area contributed by atoms with Gasteiger partial charge in [0.2, 0.25) is 0 Å². The van der Waals surface area contributed by atoms with Gasteiger partial charge in [-0.05, 0) is 30.4 Å². The van der Waals surface area contributed by atoms with Crippen molar-refractivity contribution >= 4 is 5.97 Å². The Morgan fingerprint density at radius 3 is 2.42 bits per heavy atom. The molecule has 0 aromatic heterocycles. The van der Waals surface area contributed by atoms with Crippen LogP contribution in [0.3, 0.4) is 0 Å². The summed E-state index contributed by atoms with van der Waals surface area (Å²) in [7, 11) is 0. The highest BCUT2D eigenvalue weighted by molar-refractivity contribution is 5.73. The molecule has 0 saturated carbocycles. The Balaban J connectivity index is 1.73. The Kier molecular flexibility index (Phi) is 5.62. The molecule has 0 amide bonds. The van der Waals surface area contributed by atoms with Crippen LogP contribution in [-0.2, 0) is 11.2 Å². The molecule has 1 saturated heterocycles. The highest BCUT2D eigenvalue weighted by Gasteiger charge is 2.28. The lowest BCUT2D eigenvalue weighted by Gasteiger charge is -2.38. The number of hydrazine groups is 1. The minimum atomic E-state index is -0.809. The first kappa shape index (κ1) is 16.7. The zero-order valence-electron chi connectivity index (χ0n) is 13.8. The van der Waals surface area contributed by atoms with Gasteiger partial charge in [0, 0.05) is 12.6 Å². The summed E-state index contributed by atoms with van der Waals surface area (Å²) in [4.78, 5) is 11.7. The number of piperidine rings is 1. The molecule has 24 heavy (non-hydrogen) atoms. The topological polar surface area (TPSA) is 52.6 Å². The number of aliphatic carboxylic acids is 1. The van der Waals surface area contributed by atoms with E-state index in [1.807, 2.05) is 48.5 Å². The summed E-state index contributed by atoms with van der Waals surface area (Å²) in [5.74, 6) is -0.809. The number of carboxylic acid groups (broad SMARTS) is 1. The predicted octanol–water partition coefficient (Wildman–Crippen LogP) is 3.41. The smallest absolute Gasteiger partial charge is 0.322 e. The van der Waals surface area contributed by atoms with Crippen molar-refractivity contribution in [3.8, 4) is 0 Å². The molecule has 126 valence electrons. The van der Waals surface area contributed by atoms with Gasteiger partial charge in [0.1, 0.15) is 6.04 Å². The van der Waals surface area contributed by atoms with E-state index in [4.69, 9.17) is 0 Å². The average molecular weight is 324 g/mol. The second-order valence-electron chi connectivity index (χ2n) is 6.33. The monoisotopic (exact) mass is 324 g/mol. The van der Waals surface area contributed by atoms with Gasteiger partial charge in [-0.1, -0.05) is 67.1 Å². The van der Waals surface area contributed by atoms with Crippen molar-refractivity contribution in [2.24, 2.45) is 0 Å². The maximum atomic E-state index is 11.7. The van der Waals surface area contributed by atoms with Crippen molar-refractivity contribution in [1.82, 2.24) is 10.4 Å². The van der Waals surface area contributed by atoms with Crippen LogP contribution in [0.4, 0.5) is 0 Å². The molecule has 4 heteroatoms. The van der Waals surface area contributed by atoms with Gasteiger partial charge in [-0.25, -0.2) is 10.4 Å². The zero-order valence-corrected chi connectivity index (χ0v) is 13.8. The molecule has 1 aliphatic rings. The Hall–Kier alpha value is -2.17. The number of hydrogen-bond donors (Lipinski definition) is 2. The normalized spacial score (nSPS) is 19.8. The van der Waals surface area contributed by atoms with E-state index in [1.54, 1.807) is 0 Å². The fourth-order valence-electron chi connectivity index (χ4n) is 3.35. The number of carbonyl (C=O) groups is 1.